The minimum absolute atomic E-state index is 0.0269. The average molecular weight is 266 g/mol. The molecule has 0 spiro atoms. The monoisotopic (exact) mass is 266 g/mol. The maximum Gasteiger partial charge on any atom is 0.323 e. The highest BCUT2D eigenvalue weighted by molar-refractivity contribution is 7.90. The molecule has 2 atom stereocenters. The first-order chi connectivity index (χ1) is 7.78. The third kappa shape index (κ3) is 2.73. The van der Waals surface area contributed by atoms with Gasteiger partial charge in [-0.3, -0.25) is 9.59 Å². The molecule has 0 radical (unpaired) electrons. The number of carboxylic acid groups (broad SMARTS) is 2. The highest BCUT2D eigenvalue weighted by atomic mass is 32.2. The summed E-state index contributed by atoms with van der Waals surface area (Å²) in [6.07, 6.45) is 0. The molecule has 0 saturated carbocycles. The minimum atomic E-state index is -4.14. The predicted octanol–water partition coefficient (Wildman–Crippen LogP) is -1.85. The lowest BCUT2D eigenvalue weighted by Crippen LogP contribution is -2.59. The first-order valence-electron chi connectivity index (χ1n) is 4.95. The summed E-state index contributed by atoms with van der Waals surface area (Å²) in [5.74, 6) is -2.79. The van der Waals surface area contributed by atoms with Crippen LogP contribution in [0.3, 0.4) is 0 Å². The second kappa shape index (κ2) is 4.98. The summed E-state index contributed by atoms with van der Waals surface area (Å²) in [4.78, 5) is 21.6. The second-order valence-electron chi connectivity index (χ2n) is 3.69. The van der Waals surface area contributed by atoms with Crippen molar-refractivity contribution in [2.75, 3.05) is 19.6 Å². The van der Waals surface area contributed by atoms with Crippen molar-refractivity contribution >= 4 is 22.0 Å². The van der Waals surface area contributed by atoms with E-state index < -0.39 is 33.3 Å². The molecule has 98 valence electrons. The molecule has 0 aromatic rings. The molecule has 9 heteroatoms. The van der Waals surface area contributed by atoms with E-state index >= 15 is 0 Å². The van der Waals surface area contributed by atoms with Gasteiger partial charge < -0.3 is 15.5 Å². The standard InChI is InChI=1S/C8H14N2O6S/c1-5(7(11)12)17(15,16)10-3-2-9-4-6(10)8(13)14/h5-6,9H,2-4H2,1H3,(H,11,12)(H,13,14). The van der Waals surface area contributed by atoms with E-state index in [0.717, 1.165) is 11.2 Å². The lowest BCUT2D eigenvalue weighted by Gasteiger charge is -2.33. The number of hydrogen-bond donors (Lipinski definition) is 3. The molecule has 0 bridgehead atoms. The summed E-state index contributed by atoms with van der Waals surface area (Å²) in [5.41, 5.74) is 0. The lowest BCUT2D eigenvalue weighted by molar-refractivity contribution is -0.142. The predicted molar refractivity (Wildman–Crippen MR) is 57.0 cm³/mol. The molecule has 1 aliphatic rings. The Hall–Kier alpha value is -1.19. The lowest BCUT2D eigenvalue weighted by atomic mass is 10.2. The number of aliphatic carboxylic acids is 2. The molecule has 1 saturated heterocycles. The van der Waals surface area contributed by atoms with Gasteiger partial charge in [0.15, 0.2) is 5.25 Å². The van der Waals surface area contributed by atoms with Crippen molar-refractivity contribution < 1.29 is 28.2 Å². The van der Waals surface area contributed by atoms with E-state index in [2.05, 4.69) is 5.32 Å². The fourth-order valence-electron chi connectivity index (χ4n) is 1.53. The molecule has 0 aromatic carbocycles. The summed E-state index contributed by atoms with van der Waals surface area (Å²) in [6.45, 7) is 1.26. The maximum atomic E-state index is 11.9. The van der Waals surface area contributed by atoms with E-state index in [1.54, 1.807) is 0 Å². The summed E-state index contributed by atoms with van der Waals surface area (Å²) < 4.78 is 24.5. The Kier molecular flexibility index (Phi) is 4.07. The van der Waals surface area contributed by atoms with Gasteiger partial charge in [0.1, 0.15) is 6.04 Å². The number of carbonyl (C=O) groups is 2. The number of sulfonamides is 1. The fraction of sp³-hybridized carbons (Fsp3) is 0.750. The van der Waals surface area contributed by atoms with Crippen LogP contribution >= 0.6 is 0 Å². The topological polar surface area (TPSA) is 124 Å². The van der Waals surface area contributed by atoms with Crippen LogP contribution in [0, 0.1) is 0 Å². The smallest absolute Gasteiger partial charge is 0.323 e. The van der Waals surface area contributed by atoms with Gasteiger partial charge in [-0.15, -0.1) is 0 Å². The highest BCUT2D eigenvalue weighted by Gasteiger charge is 2.41. The Morgan fingerprint density at radius 1 is 1.41 bits per heavy atom. The molecule has 1 fully saturated rings. The van der Waals surface area contributed by atoms with Crippen molar-refractivity contribution in [1.82, 2.24) is 9.62 Å². The van der Waals surface area contributed by atoms with Crippen molar-refractivity contribution in [3.63, 3.8) is 0 Å². The van der Waals surface area contributed by atoms with Crippen LogP contribution in [0.2, 0.25) is 0 Å². The second-order valence-corrected chi connectivity index (χ2v) is 5.90. The van der Waals surface area contributed by atoms with Crippen LogP contribution in [0.5, 0.6) is 0 Å². The molecule has 0 aliphatic carbocycles. The summed E-state index contributed by atoms with van der Waals surface area (Å²) in [7, 11) is -4.14. The van der Waals surface area contributed by atoms with Gasteiger partial charge in [-0.25, -0.2) is 8.42 Å². The van der Waals surface area contributed by atoms with Crippen LogP contribution in [0.1, 0.15) is 6.92 Å². The van der Waals surface area contributed by atoms with E-state index in [-0.39, 0.29) is 13.1 Å². The van der Waals surface area contributed by atoms with Crippen LogP contribution in [0.15, 0.2) is 0 Å². The van der Waals surface area contributed by atoms with Crippen molar-refractivity contribution in [3.8, 4) is 0 Å². The van der Waals surface area contributed by atoms with Gasteiger partial charge in [0.25, 0.3) is 0 Å². The Morgan fingerprint density at radius 3 is 2.47 bits per heavy atom. The van der Waals surface area contributed by atoms with Crippen molar-refractivity contribution in [2.24, 2.45) is 0 Å². The zero-order valence-corrected chi connectivity index (χ0v) is 9.98. The molecular formula is C8H14N2O6S. The van der Waals surface area contributed by atoms with E-state index in [0.29, 0.717) is 6.54 Å². The molecule has 0 aromatic heterocycles. The summed E-state index contributed by atoms with van der Waals surface area (Å²) >= 11 is 0. The van der Waals surface area contributed by atoms with E-state index in [1.807, 2.05) is 0 Å². The van der Waals surface area contributed by atoms with E-state index in [4.69, 9.17) is 10.2 Å². The molecule has 0 amide bonds. The number of nitrogens with one attached hydrogen (secondary N) is 1. The van der Waals surface area contributed by atoms with E-state index in [9.17, 15) is 18.0 Å². The summed E-state index contributed by atoms with van der Waals surface area (Å²) in [6, 6.07) is -1.25. The Morgan fingerprint density at radius 2 is 2.00 bits per heavy atom. The van der Waals surface area contributed by atoms with Gasteiger partial charge >= 0.3 is 11.9 Å². The Bertz CT molecular complexity index is 420. The van der Waals surface area contributed by atoms with Crippen LogP contribution in [0.25, 0.3) is 0 Å². The van der Waals surface area contributed by atoms with Crippen LogP contribution < -0.4 is 5.32 Å². The van der Waals surface area contributed by atoms with Gasteiger partial charge in [-0.1, -0.05) is 0 Å². The maximum absolute atomic E-state index is 11.9. The van der Waals surface area contributed by atoms with Gasteiger partial charge in [0.2, 0.25) is 10.0 Å². The Balaban J connectivity index is 3.03. The number of nitrogens with zero attached hydrogens (tertiary/aromatic N) is 1. The third-order valence-corrected chi connectivity index (χ3v) is 4.79. The van der Waals surface area contributed by atoms with Crippen LogP contribution in [-0.2, 0) is 19.6 Å². The molecule has 3 N–H and O–H groups in total. The van der Waals surface area contributed by atoms with Gasteiger partial charge in [-0.05, 0) is 6.92 Å². The average Bonchev–Trinajstić information content (AvgIpc) is 2.27. The minimum Gasteiger partial charge on any atom is -0.480 e. The third-order valence-electron chi connectivity index (χ3n) is 2.60. The molecule has 2 unspecified atom stereocenters. The van der Waals surface area contributed by atoms with Crippen LogP contribution in [-0.4, -0.2) is 65.8 Å². The first kappa shape index (κ1) is 13.9. The largest absolute Gasteiger partial charge is 0.480 e. The summed E-state index contributed by atoms with van der Waals surface area (Å²) in [5, 5.41) is 18.7. The number of rotatable bonds is 4. The fourth-order valence-corrected chi connectivity index (χ4v) is 3.06. The highest BCUT2D eigenvalue weighted by Crippen LogP contribution is 2.15. The van der Waals surface area contributed by atoms with Gasteiger partial charge in [-0.2, -0.15) is 4.31 Å². The van der Waals surface area contributed by atoms with Crippen molar-refractivity contribution in [1.29, 1.82) is 0 Å². The molecule has 8 nitrogen and oxygen atoms in total. The number of hydrogen-bond acceptors (Lipinski definition) is 5. The zero-order chi connectivity index (χ0) is 13.2. The quantitative estimate of drug-likeness (QED) is 0.545. The van der Waals surface area contributed by atoms with Crippen LogP contribution in [0.4, 0.5) is 0 Å². The number of piperazine rings is 1. The van der Waals surface area contributed by atoms with E-state index in [1.165, 1.54) is 0 Å². The normalized spacial score (nSPS) is 24.2. The number of carboxylic acids is 2. The molecule has 1 aliphatic heterocycles. The zero-order valence-electron chi connectivity index (χ0n) is 9.16. The molecule has 1 heterocycles. The molecule has 1 rings (SSSR count). The Labute approximate surface area is 98.3 Å². The van der Waals surface area contributed by atoms with Crippen molar-refractivity contribution in [3.05, 3.63) is 0 Å². The van der Waals surface area contributed by atoms with Gasteiger partial charge in [0, 0.05) is 19.6 Å². The SMILES string of the molecule is CC(C(=O)O)S(=O)(=O)N1CCNCC1C(=O)O. The molecular weight excluding hydrogens is 252 g/mol. The van der Waals surface area contributed by atoms with Crippen molar-refractivity contribution in [2.45, 2.75) is 18.2 Å². The first-order valence-corrected chi connectivity index (χ1v) is 6.45. The molecule has 17 heavy (non-hydrogen) atoms. The van der Waals surface area contributed by atoms with Gasteiger partial charge in [0.05, 0.1) is 0 Å².